The summed E-state index contributed by atoms with van der Waals surface area (Å²) in [5.41, 5.74) is 0. The Morgan fingerprint density at radius 3 is 0.877 bits per heavy atom. The molecule has 0 aromatic heterocycles. The van der Waals surface area contributed by atoms with E-state index >= 15 is 0 Å². The first-order valence-corrected chi connectivity index (χ1v) is 27.5. The molecular formula is C59H102O6. The number of unbranched alkanes of at least 4 members (excludes halogenated alkanes) is 29. The molecule has 0 saturated heterocycles. The zero-order valence-electron chi connectivity index (χ0n) is 42.7. The van der Waals surface area contributed by atoms with Gasteiger partial charge in [0.15, 0.2) is 6.10 Å². The number of carbonyl (C=O) groups is 3. The molecule has 0 aliphatic heterocycles. The van der Waals surface area contributed by atoms with Crippen LogP contribution in [-0.2, 0) is 28.6 Å². The summed E-state index contributed by atoms with van der Waals surface area (Å²) < 4.78 is 16.8. The Hall–Kier alpha value is -3.15. The van der Waals surface area contributed by atoms with Gasteiger partial charge in [-0.3, -0.25) is 14.4 Å². The number of hydrogen-bond acceptors (Lipinski definition) is 6. The molecule has 0 radical (unpaired) electrons. The van der Waals surface area contributed by atoms with Crippen molar-refractivity contribution in [2.75, 3.05) is 13.2 Å². The molecule has 65 heavy (non-hydrogen) atoms. The van der Waals surface area contributed by atoms with Gasteiger partial charge in [-0.05, 0) is 89.9 Å². The van der Waals surface area contributed by atoms with Gasteiger partial charge in [-0.1, -0.05) is 229 Å². The SMILES string of the molecule is CCCC/C=C\C=C/CCCCCC(=O)OCC(COC(=O)CCCCCCC/C=C\C=C/CCCCCCCCC)OC(=O)CCCCCCC/C=C\C=C/CCCCCCCCC. The van der Waals surface area contributed by atoms with Crippen molar-refractivity contribution in [3.63, 3.8) is 0 Å². The number of carbonyl (C=O) groups excluding carboxylic acids is 3. The van der Waals surface area contributed by atoms with Crippen LogP contribution in [0, 0.1) is 0 Å². The van der Waals surface area contributed by atoms with E-state index in [1.54, 1.807) is 0 Å². The zero-order valence-corrected chi connectivity index (χ0v) is 42.7. The molecule has 1 atom stereocenters. The van der Waals surface area contributed by atoms with Gasteiger partial charge < -0.3 is 14.2 Å². The lowest BCUT2D eigenvalue weighted by molar-refractivity contribution is -0.167. The highest BCUT2D eigenvalue weighted by Gasteiger charge is 2.19. The molecule has 0 aromatic carbocycles. The van der Waals surface area contributed by atoms with Crippen LogP contribution in [0.4, 0.5) is 0 Å². The van der Waals surface area contributed by atoms with E-state index in [4.69, 9.17) is 14.2 Å². The molecule has 0 amide bonds. The molecule has 0 heterocycles. The molecular weight excluding hydrogens is 805 g/mol. The van der Waals surface area contributed by atoms with E-state index in [2.05, 4.69) is 93.7 Å². The minimum Gasteiger partial charge on any atom is -0.462 e. The number of esters is 3. The minimum absolute atomic E-state index is 0.0985. The lowest BCUT2D eigenvalue weighted by Crippen LogP contribution is -2.30. The summed E-state index contributed by atoms with van der Waals surface area (Å²) in [7, 11) is 0. The third-order valence-electron chi connectivity index (χ3n) is 11.7. The summed E-state index contributed by atoms with van der Waals surface area (Å²) in [6.45, 7) is 6.53. The molecule has 0 spiro atoms. The summed E-state index contributed by atoms with van der Waals surface area (Å²) in [6.07, 6.45) is 67.5. The summed E-state index contributed by atoms with van der Waals surface area (Å²) in [5, 5.41) is 0. The van der Waals surface area contributed by atoms with Gasteiger partial charge >= 0.3 is 17.9 Å². The number of hydrogen-bond donors (Lipinski definition) is 0. The fraction of sp³-hybridized carbons (Fsp3) is 0.746. The minimum atomic E-state index is -0.800. The van der Waals surface area contributed by atoms with Gasteiger partial charge in [0.1, 0.15) is 13.2 Å². The molecule has 0 fully saturated rings. The highest BCUT2D eigenvalue weighted by molar-refractivity contribution is 5.71. The van der Waals surface area contributed by atoms with Crippen LogP contribution in [0.1, 0.15) is 265 Å². The second-order valence-electron chi connectivity index (χ2n) is 18.2. The van der Waals surface area contributed by atoms with Crippen molar-refractivity contribution in [1.82, 2.24) is 0 Å². The molecule has 0 saturated carbocycles. The Balaban J connectivity index is 4.43. The average molecular weight is 907 g/mol. The van der Waals surface area contributed by atoms with Crippen LogP contribution in [0.25, 0.3) is 0 Å². The Bertz CT molecular complexity index is 1230. The van der Waals surface area contributed by atoms with Crippen molar-refractivity contribution in [1.29, 1.82) is 0 Å². The summed E-state index contributed by atoms with van der Waals surface area (Å²) in [4.78, 5) is 38.0. The van der Waals surface area contributed by atoms with E-state index in [1.165, 1.54) is 116 Å². The Morgan fingerprint density at radius 1 is 0.308 bits per heavy atom. The summed E-state index contributed by atoms with van der Waals surface area (Å²) in [5.74, 6) is -0.953. The quantitative estimate of drug-likeness (QED) is 0.0262. The number of allylic oxidation sites excluding steroid dienone is 12. The van der Waals surface area contributed by atoms with Gasteiger partial charge in [-0.2, -0.15) is 0 Å². The fourth-order valence-electron chi connectivity index (χ4n) is 7.52. The van der Waals surface area contributed by atoms with Crippen LogP contribution in [-0.4, -0.2) is 37.2 Å². The Kier molecular flexibility index (Phi) is 50.9. The van der Waals surface area contributed by atoms with Crippen LogP contribution in [0.3, 0.4) is 0 Å². The fourth-order valence-corrected chi connectivity index (χ4v) is 7.52. The lowest BCUT2D eigenvalue weighted by atomic mass is 10.1. The third kappa shape index (κ3) is 51.7. The van der Waals surface area contributed by atoms with Gasteiger partial charge in [-0.15, -0.1) is 0 Å². The molecule has 0 aliphatic carbocycles. The van der Waals surface area contributed by atoms with Crippen molar-refractivity contribution in [3.05, 3.63) is 72.9 Å². The maximum Gasteiger partial charge on any atom is 0.306 e. The predicted molar refractivity (Wildman–Crippen MR) is 279 cm³/mol. The molecule has 374 valence electrons. The van der Waals surface area contributed by atoms with Gasteiger partial charge in [0, 0.05) is 19.3 Å². The van der Waals surface area contributed by atoms with Gasteiger partial charge in [-0.25, -0.2) is 0 Å². The summed E-state index contributed by atoms with van der Waals surface area (Å²) >= 11 is 0. The van der Waals surface area contributed by atoms with Gasteiger partial charge in [0.05, 0.1) is 0 Å². The van der Waals surface area contributed by atoms with E-state index in [-0.39, 0.29) is 31.1 Å². The predicted octanol–water partition coefficient (Wildman–Crippen LogP) is 18.2. The first-order chi connectivity index (χ1) is 32.0. The normalized spacial score (nSPS) is 12.6. The maximum atomic E-state index is 12.8. The van der Waals surface area contributed by atoms with Crippen LogP contribution < -0.4 is 0 Å². The molecule has 0 aliphatic rings. The Morgan fingerprint density at radius 2 is 0.554 bits per heavy atom. The third-order valence-corrected chi connectivity index (χ3v) is 11.7. The highest BCUT2D eigenvalue weighted by atomic mass is 16.6. The van der Waals surface area contributed by atoms with Crippen molar-refractivity contribution in [3.8, 4) is 0 Å². The van der Waals surface area contributed by atoms with E-state index in [0.717, 1.165) is 109 Å². The average Bonchev–Trinajstić information content (AvgIpc) is 3.30. The maximum absolute atomic E-state index is 12.8. The van der Waals surface area contributed by atoms with Gasteiger partial charge in [0.2, 0.25) is 0 Å². The molecule has 0 N–H and O–H groups in total. The molecule has 0 bridgehead atoms. The van der Waals surface area contributed by atoms with E-state index in [9.17, 15) is 14.4 Å². The number of ether oxygens (including phenoxy) is 3. The largest absolute Gasteiger partial charge is 0.462 e. The second-order valence-corrected chi connectivity index (χ2v) is 18.2. The van der Waals surface area contributed by atoms with Crippen molar-refractivity contribution < 1.29 is 28.6 Å². The van der Waals surface area contributed by atoms with Crippen LogP contribution in [0.5, 0.6) is 0 Å². The monoisotopic (exact) mass is 907 g/mol. The van der Waals surface area contributed by atoms with Crippen LogP contribution in [0.15, 0.2) is 72.9 Å². The van der Waals surface area contributed by atoms with Gasteiger partial charge in [0.25, 0.3) is 0 Å². The van der Waals surface area contributed by atoms with Crippen molar-refractivity contribution >= 4 is 17.9 Å². The van der Waals surface area contributed by atoms with Crippen LogP contribution >= 0.6 is 0 Å². The highest BCUT2D eigenvalue weighted by Crippen LogP contribution is 2.14. The molecule has 0 aromatic rings. The van der Waals surface area contributed by atoms with E-state index in [1.807, 2.05) is 0 Å². The van der Waals surface area contributed by atoms with Crippen LogP contribution in [0.2, 0.25) is 0 Å². The smallest absolute Gasteiger partial charge is 0.306 e. The first-order valence-electron chi connectivity index (χ1n) is 27.5. The van der Waals surface area contributed by atoms with Crippen molar-refractivity contribution in [2.24, 2.45) is 0 Å². The molecule has 1 unspecified atom stereocenters. The van der Waals surface area contributed by atoms with E-state index in [0.29, 0.717) is 19.3 Å². The summed E-state index contributed by atoms with van der Waals surface area (Å²) in [6, 6.07) is 0. The second kappa shape index (κ2) is 53.5. The molecule has 0 rings (SSSR count). The molecule has 6 heteroatoms. The first kappa shape index (κ1) is 61.9. The molecule has 6 nitrogen and oxygen atoms in total. The zero-order chi connectivity index (χ0) is 47.2. The van der Waals surface area contributed by atoms with E-state index < -0.39 is 6.10 Å². The topological polar surface area (TPSA) is 78.9 Å². The lowest BCUT2D eigenvalue weighted by Gasteiger charge is -2.18. The van der Waals surface area contributed by atoms with Crippen molar-refractivity contribution in [2.45, 2.75) is 271 Å². The standard InChI is InChI=1S/C59H102O6/c1-4-7-10-13-16-19-22-24-26-28-30-32-34-37-40-43-46-49-52-58(61)64-55-56(54-63-57(60)51-48-45-42-39-36-21-18-15-12-9-6-3)65-59(62)53-50-47-44-41-38-35-33-31-29-27-25-23-20-17-14-11-8-5-2/h15,18,21,26-33,36,56H,4-14,16-17,19-20,22-25,34-35,37-55H2,1-3H3/b18-15-,28-26-,29-27-,32-30-,33-31-,36-21-. The Labute approximate surface area is 402 Å². The number of rotatable bonds is 49.